The van der Waals surface area contributed by atoms with Crippen molar-refractivity contribution in [2.24, 2.45) is 0 Å². The molecule has 0 bridgehead atoms. The zero-order valence-corrected chi connectivity index (χ0v) is 14.0. The summed E-state index contributed by atoms with van der Waals surface area (Å²) >= 11 is 1.59. The van der Waals surface area contributed by atoms with Gasteiger partial charge in [0.15, 0.2) is 5.13 Å². The third-order valence-corrected chi connectivity index (χ3v) is 6.08. The van der Waals surface area contributed by atoms with Crippen LogP contribution in [0.5, 0.6) is 0 Å². The average molecular weight is 337 g/mol. The van der Waals surface area contributed by atoms with Crippen molar-refractivity contribution < 1.29 is 8.42 Å². The van der Waals surface area contributed by atoms with Crippen LogP contribution in [0.25, 0.3) is 0 Å². The van der Waals surface area contributed by atoms with E-state index in [2.05, 4.69) is 14.6 Å². The minimum Gasteiger partial charge on any atom is -0.344 e. The van der Waals surface area contributed by atoms with Gasteiger partial charge in [0, 0.05) is 30.7 Å². The Morgan fingerprint density at radius 1 is 1.45 bits per heavy atom. The van der Waals surface area contributed by atoms with Crippen LogP contribution in [0.15, 0.2) is 40.7 Å². The van der Waals surface area contributed by atoms with Crippen LogP contribution in [0, 0.1) is 6.92 Å². The number of anilines is 1. The Bertz CT molecular complexity index is 729. The molecule has 0 radical (unpaired) electrons. The summed E-state index contributed by atoms with van der Waals surface area (Å²) in [5.74, 6) is 0. The van der Waals surface area contributed by atoms with E-state index in [0.717, 1.165) is 30.1 Å². The van der Waals surface area contributed by atoms with Crippen LogP contribution in [-0.4, -0.2) is 32.5 Å². The van der Waals surface area contributed by atoms with E-state index in [9.17, 15) is 8.42 Å². The Balaban J connectivity index is 1.69. The standard InChI is InChI=1S/C15H19N3O2S2/c1-12-4-2-6-14(10-12)22(19,20)17-11-13-5-3-8-18(13)15-16-7-9-21-15/h2,4,6-7,9-10,13,17H,3,5,8,11H2,1H3. The van der Waals surface area contributed by atoms with Crippen molar-refractivity contribution in [1.29, 1.82) is 0 Å². The summed E-state index contributed by atoms with van der Waals surface area (Å²) in [6.45, 7) is 3.24. The summed E-state index contributed by atoms with van der Waals surface area (Å²) in [7, 11) is -3.46. The van der Waals surface area contributed by atoms with E-state index in [-0.39, 0.29) is 6.04 Å². The molecule has 1 saturated heterocycles. The number of hydrogen-bond donors (Lipinski definition) is 1. The van der Waals surface area contributed by atoms with E-state index in [4.69, 9.17) is 0 Å². The highest BCUT2D eigenvalue weighted by atomic mass is 32.2. The van der Waals surface area contributed by atoms with Crippen molar-refractivity contribution in [2.75, 3.05) is 18.0 Å². The first-order chi connectivity index (χ1) is 10.6. The molecule has 1 N–H and O–H groups in total. The van der Waals surface area contributed by atoms with Crippen molar-refractivity contribution in [3.05, 3.63) is 41.4 Å². The second-order valence-corrected chi connectivity index (χ2v) is 8.11. The molecule has 1 fully saturated rings. The van der Waals surface area contributed by atoms with Crippen molar-refractivity contribution in [3.63, 3.8) is 0 Å². The van der Waals surface area contributed by atoms with Crippen molar-refractivity contribution in [1.82, 2.24) is 9.71 Å². The Morgan fingerprint density at radius 2 is 2.32 bits per heavy atom. The second-order valence-electron chi connectivity index (χ2n) is 5.47. The molecule has 0 spiro atoms. The van der Waals surface area contributed by atoms with Gasteiger partial charge < -0.3 is 4.90 Å². The lowest BCUT2D eigenvalue weighted by atomic mass is 10.2. The molecule has 1 aliphatic heterocycles. The van der Waals surface area contributed by atoms with Crippen LogP contribution in [0.4, 0.5) is 5.13 Å². The fourth-order valence-electron chi connectivity index (χ4n) is 2.73. The van der Waals surface area contributed by atoms with Gasteiger partial charge in [0.2, 0.25) is 10.0 Å². The highest BCUT2D eigenvalue weighted by Gasteiger charge is 2.27. The maximum absolute atomic E-state index is 12.4. The molecular formula is C15H19N3O2S2. The number of benzene rings is 1. The number of thiazole rings is 1. The van der Waals surface area contributed by atoms with Crippen LogP contribution in [0.3, 0.4) is 0 Å². The minimum absolute atomic E-state index is 0.172. The number of rotatable bonds is 5. The van der Waals surface area contributed by atoms with Crippen LogP contribution in [-0.2, 0) is 10.0 Å². The van der Waals surface area contributed by atoms with Crippen LogP contribution < -0.4 is 9.62 Å². The Hall–Kier alpha value is -1.44. The van der Waals surface area contributed by atoms with Gasteiger partial charge in [0.05, 0.1) is 4.90 Å². The number of nitrogens with zero attached hydrogens (tertiary/aromatic N) is 2. The molecule has 118 valence electrons. The highest BCUT2D eigenvalue weighted by Crippen LogP contribution is 2.27. The van der Waals surface area contributed by atoms with Gasteiger partial charge in [0.1, 0.15) is 0 Å². The van der Waals surface area contributed by atoms with Crippen molar-refractivity contribution >= 4 is 26.5 Å². The topological polar surface area (TPSA) is 62.3 Å². The monoisotopic (exact) mass is 337 g/mol. The van der Waals surface area contributed by atoms with Gasteiger partial charge in [0.25, 0.3) is 0 Å². The fourth-order valence-corrected chi connectivity index (χ4v) is 4.65. The molecule has 0 aliphatic carbocycles. The molecule has 0 amide bonds. The first-order valence-corrected chi connectivity index (χ1v) is 9.65. The molecule has 22 heavy (non-hydrogen) atoms. The first-order valence-electron chi connectivity index (χ1n) is 7.29. The average Bonchev–Trinajstić information content (AvgIpc) is 3.16. The van der Waals surface area contributed by atoms with Crippen LogP contribution in [0.2, 0.25) is 0 Å². The maximum Gasteiger partial charge on any atom is 0.240 e. The van der Waals surface area contributed by atoms with Crippen LogP contribution >= 0.6 is 11.3 Å². The predicted molar refractivity (Wildman–Crippen MR) is 88.8 cm³/mol. The molecule has 2 aromatic rings. The Labute approximate surface area is 135 Å². The lowest BCUT2D eigenvalue weighted by Crippen LogP contribution is -2.40. The molecule has 1 aromatic carbocycles. The van der Waals surface area contributed by atoms with E-state index in [1.165, 1.54) is 0 Å². The number of nitrogens with one attached hydrogen (secondary N) is 1. The molecule has 2 heterocycles. The summed E-state index contributed by atoms with van der Waals surface area (Å²) in [6, 6.07) is 7.14. The van der Waals surface area contributed by atoms with E-state index in [0.29, 0.717) is 11.4 Å². The van der Waals surface area contributed by atoms with E-state index < -0.39 is 10.0 Å². The molecule has 1 atom stereocenters. The summed E-state index contributed by atoms with van der Waals surface area (Å²) in [6.07, 6.45) is 3.83. The zero-order chi connectivity index (χ0) is 15.6. The first kappa shape index (κ1) is 15.5. The summed E-state index contributed by atoms with van der Waals surface area (Å²) in [5, 5.41) is 2.92. The van der Waals surface area contributed by atoms with Gasteiger partial charge in [-0.2, -0.15) is 0 Å². The summed E-state index contributed by atoms with van der Waals surface area (Å²) in [5.41, 5.74) is 0.938. The Kier molecular flexibility index (Phi) is 4.46. The van der Waals surface area contributed by atoms with Gasteiger partial charge in [-0.25, -0.2) is 18.1 Å². The van der Waals surface area contributed by atoms with Crippen molar-refractivity contribution in [3.8, 4) is 0 Å². The molecule has 5 nitrogen and oxygen atoms in total. The van der Waals surface area contributed by atoms with Gasteiger partial charge in [-0.05, 0) is 37.5 Å². The zero-order valence-electron chi connectivity index (χ0n) is 12.4. The SMILES string of the molecule is Cc1cccc(S(=O)(=O)NCC2CCCN2c2nccs2)c1. The smallest absolute Gasteiger partial charge is 0.240 e. The Morgan fingerprint density at radius 3 is 3.05 bits per heavy atom. The van der Waals surface area contributed by atoms with Gasteiger partial charge in [-0.1, -0.05) is 12.1 Å². The summed E-state index contributed by atoms with van der Waals surface area (Å²) in [4.78, 5) is 6.85. The van der Waals surface area contributed by atoms with E-state index >= 15 is 0 Å². The van der Waals surface area contributed by atoms with E-state index in [1.807, 2.05) is 18.4 Å². The largest absolute Gasteiger partial charge is 0.344 e. The lowest BCUT2D eigenvalue weighted by molar-refractivity contribution is 0.567. The number of sulfonamides is 1. The predicted octanol–water partition coefficient (Wildman–Crippen LogP) is 2.40. The van der Waals surface area contributed by atoms with Gasteiger partial charge >= 0.3 is 0 Å². The molecule has 0 saturated carbocycles. The minimum atomic E-state index is -3.46. The quantitative estimate of drug-likeness (QED) is 0.910. The summed E-state index contributed by atoms with van der Waals surface area (Å²) < 4.78 is 27.5. The van der Waals surface area contributed by atoms with Gasteiger partial charge in [-0.15, -0.1) is 11.3 Å². The number of hydrogen-bond acceptors (Lipinski definition) is 5. The molecule has 3 rings (SSSR count). The highest BCUT2D eigenvalue weighted by molar-refractivity contribution is 7.89. The van der Waals surface area contributed by atoms with Crippen molar-refractivity contribution in [2.45, 2.75) is 30.7 Å². The molecule has 1 aromatic heterocycles. The molecule has 1 aliphatic rings. The second kappa shape index (κ2) is 6.36. The third kappa shape index (κ3) is 3.31. The molecule has 1 unspecified atom stereocenters. The third-order valence-electron chi connectivity index (χ3n) is 3.85. The fraction of sp³-hybridized carbons (Fsp3) is 0.400. The number of aryl methyl sites for hydroxylation is 1. The van der Waals surface area contributed by atoms with E-state index in [1.54, 1.807) is 35.7 Å². The normalized spacial score (nSPS) is 18.8. The number of aromatic nitrogens is 1. The van der Waals surface area contributed by atoms with Crippen LogP contribution in [0.1, 0.15) is 18.4 Å². The molecular weight excluding hydrogens is 318 g/mol. The maximum atomic E-state index is 12.4. The van der Waals surface area contributed by atoms with Gasteiger partial charge in [-0.3, -0.25) is 0 Å². The molecule has 7 heteroatoms. The lowest BCUT2D eigenvalue weighted by Gasteiger charge is -2.24.